The van der Waals surface area contributed by atoms with Gasteiger partial charge >= 0.3 is 0 Å². The number of aromatic nitrogens is 1. The number of nitrogens with zero attached hydrogens (tertiary/aromatic N) is 1. The molecule has 0 spiro atoms. The van der Waals surface area contributed by atoms with Crippen molar-refractivity contribution in [3.05, 3.63) is 87.9 Å². The molecule has 0 fully saturated rings. The second-order valence-electron chi connectivity index (χ2n) is 5.71. The molecule has 3 rings (SSSR count). The topological polar surface area (TPSA) is 30.0 Å². The van der Waals surface area contributed by atoms with Crippen LogP contribution in [0.2, 0.25) is 0 Å². The number of benzene rings is 2. The highest BCUT2D eigenvalue weighted by Gasteiger charge is 2.22. The van der Waals surface area contributed by atoms with Crippen molar-refractivity contribution < 1.29 is 4.21 Å². The largest absolute Gasteiger partial charge is 0.258 e. The maximum absolute atomic E-state index is 13.2. The molecule has 0 bridgehead atoms. The quantitative estimate of drug-likeness (QED) is 0.588. The third kappa shape index (κ3) is 4.19. The van der Waals surface area contributed by atoms with Gasteiger partial charge in [0.15, 0.2) is 0 Å². The molecule has 1 unspecified atom stereocenters. The van der Waals surface area contributed by atoms with Gasteiger partial charge in [0.1, 0.15) is 0 Å². The fourth-order valence-electron chi connectivity index (χ4n) is 2.72. The van der Waals surface area contributed by atoms with Gasteiger partial charge in [0.25, 0.3) is 0 Å². The summed E-state index contributed by atoms with van der Waals surface area (Å²) in [6.45, 7) is 2.15. The zero-order valence-corrected chi connectivity index (χ0v) is 15.4. The molecule has 0 saturated heterocycles. The average molecular weight is 356 g/mol. The van der Waals surface area contributed by atoms with Crippen molar-refractivity contribution in [2.75, 3.05) is 0 Å². The van der Waals surface area contributed by atoms with Gasteiger partial charge in [0.2, 0.25) is 0 Å². The fourth-order valence-corrected chi connectivity index (χ4v) is 5.26. The lowest BCUT2D eigenvalue weighted by Gasteiger charge is -2.17. The van der Waals surface area contributed by atoms with Crippen LogP contribution in [0, 0.1) is 0 Å². The van der Waals surface area contributed by atoms with E-state index in [1.54, 1.807) is 11.3 Å². The molecule has 24 heavy (non-hydrogen) atoms. The van der Waals surface area contributed by atoms with E-state index in [0.29, 0.717) is 5.75 Å². The number of aryl methyl sites for hydroxylation is 1. The van der Waals surface area contributed by atoms with Crippen LogP contribution < -0.4 is 0 Å². The van der Waals surface area contributed by atoms with Gasteiger partial charge in [-0.2, -0.15) is 0 Å². The molecule has 2 aromatic carbocycles. The molecule has 0 radical (unpaired) electrons. The zero-order valence-electron chi connectivity index (χ0n) is 13.7. The molecule has 0 saturated carbocycles. The Balaban J connectivity index is 1.86. The summed E-state index contributed by atoms with van der Waals surface area (Å²) in [6, 6.07) is 20.2. The van der Waals surface area contributed by atoms with Crippen LogP contribution in [-0.4, -0.2) is 9.19 Å². The van der Waals surface area contributed by atoms with E-state index in [1.807, 2.05) is 36.4 Å². The first-order valence-corrected chi connectivity index (χ1v) is 10.4. The van der Waals surface area contributed by atoms with Gasteiger partial charge in [0.05, 0.1) is 21.7 Å². The highest BCUT2D eigenvalue weighted by atomic mass is 32.2. The Bertz CT molecular complexity index is 744. The summed E-state index contributed by atoms with van der Waals surface area (Å²) in [7, 11) is -1.06. The molecule has 0 aliphatic carbocycles. The van der Waals surface area contributed by atoms with E-state index in [4.69, 9.17) is 0 Å². The molecule has 1 atom stereocenters. The van der Waals surface area contributed by atoms with Gasteiger partial charge in [-0.1, -0.05) is 67.6 Å². The lowest BCUT2D eigenvalue weighted by Crippen LogP contribution is -2.10. The normalized spacial score (nSPS) is 12.4. The summed E-state index contributed by atoms with van der Waals surface area (Å²) in [5, 5.41) is 3.07. The lowest BCUT2D eigenvalue weighted by atomic mass is 10.0. The van der Waals surface area contributed by atoms with Crippen LogP contribution in [0.4, 0.5) is 0 Å². The lowest BCUT2D eigenvalue weighted by molar-refractivity contribution is 0.677. The number of hydrogen-bond donors (Lipinski definition) is 0. The number of rotatable bonds is 7. The van der Waals surface area contributed by atoms with Crippen molar-refractivity contribution in [2.24, 2.45) is 0 Å². The van der Waals surface area contributed by atoms with Crippen LogP contribution in [0.5, 0.6) is 0 Å². The van der Waals surface area contributed by atoms with Gasteiger partial charge in [-0.25, -0.2) is 4.98 Å². The molecular weight excluding hydrogens is 334 g/mol. The van der Waals surface area contributed by atoms with Gasteiger partial charge < -0.3 is 0 Å². The van der Waals surface area contributed by atoms with Crippen LogP contribution in [0.25, 0.3) is 0 Å². The molecule has 124 valence electrons. The van der Waals surface area contributed by atoms with E-state index in [0.717, 1.165) is 34.7 Å². The minimum Gasteiger partial charge on any atom is -0.258 e. The molecule has 0 amide bonds. The predicted molar refractivity (Wildman–Crippen MR) is 103 cm³/mol. The monoisotopic (exact) mass is 355 g/mol. The minimum absolute atomic E-state index is 0.122. The van der Waals surface area contributed by atoms with E-state index in [2.05, 4.69) is 41.6 Å². The van der Waals surface area contributed by atoms with Gasteiger partial charge in [-0.05, 0) is 24.0 Å². The third-order valence-electron chi connectivity index (χ3n) is 3.82. The van der Waals surface area contributed by atoms with Gasteiger partial charge in [0, 0.05) is 16.2 Å². The smallest absolute Gasteiger partial charge is 0.0928 e. The first-order chi connectivity index (χ1) is 11.8. The molecular formula is C20H21NOS2. The number of thiazole rings is 1. The SMILES string of the molecule is CCCc1nc(CS(=O)C(c2ccccc2)c2ccccc2)cs1. The summed E-state index contributed by atoms with van der Waals surface area (Å²) >= 11 is 1.67. The molecule has 0 N–H and O–H groups in total. The molecule has 1 heterocycles. The highest BCUT2D eigenvalue weighted by Crippen LogP contribution is 2.30. The number of hydrogen-bond acceptors (Lipinski definition) is 3. The van der Waals surface area contributed by atoms with E-state index in [9.17, 15) is 4.21 Å². The first-order valence-electron chi connectivity index (χ1n) is 8.18. The second-order valence-corrected chi connectivity index (χ2v) is 8.17. The summed E-state index contributed by atoms with van der Waals surface area (Å²) in [5.74, 6) is 0.495. The van der Waals surface area contributed by atoms with Crippen LogP contribution in [0.1, 0.15) is 40.4 Å². The molecule has 2 nitrogen and oxygen atoms in total. The highest BCUT2D eigenvalue weighted by molar-refractivity contribution is 7.84. The standard InChI is InChI=1S/C20H21NOS2/c1-2-9-19-21-18(14-23-19)15-24(22)20(16-10-5-3-6-11-16)17-12-7-4-8-13-17/h3-8,10-14,20H,2,9,15H2,1H3. The Kier molecular flexibility index (Phi) is 5.94. The zero-order chi connectivity index (χ0) is 16.8. The van der Waals surface area contributed by atoms with Crippen molar-refractivity contribution in [2.45, 2.75) is 30.8 Å². The van der Waals surface area contributed by atoms with Crippen molar-refractivity contribution in [3.63, 3.8) is 0 Å². The van der Waals surface area contributed by atoms with E-state index in [-0.39, 0.29) is 5.25 Å². The predicted octanol–water partition coefficient (Wildman–Crippen LogP) is 5.13. The molecule has 0 aliphatic rings. The Morgan fingerprint density at radius 1 is 1.00 bits per heavy atom. The summed E-state index contributed by atoms with van der Waals surface area (Å²) in [5.41, 5.74) is 3.12. The van der Waals surface area contributed by atoms with Crippen LogP contribution in [0.15, 0.2) is 66.0 Å². The van der Waals surface area contributed by atoms with Crippen molar-refractivity contribution in [1.29, 1.82) is 0 Å². The van der Waals surface area contributed by atoms with E-state index >= 15 is 0 Å². The first kappa shape index (κ1) is 17.1. The minimum atomic E-state index is -1.06. The molecule has 3 aromatic rings. The Morgan fingerprint density at radius 3 is 2.12 bits per heavy atom. The van der Waals surface area contributed by atoms with Crippen molar-refractivity contribution in [3.8, 4) is 0 Å². The van der Waals surface area contributed by atoms with Crippen LogP contribution >= 0.6 is 11.3 Å². The fraction of sp³-hybridized carbons (Fsp3) is 0.250. The van der Waals surface area contributed by atoms with E-state index in [1.165, 1.54) is 0 Å². The Hall–Kier alpha value is -1.78. The van der Waals surface area contributed by atoms with Gasteiger partial charge in [-0.3, -0.25) is 4.21 Å². The maximum Gasteiger partial charge on any atom is 0.0928 e. The summed E-state index contributed by atoms with van der Waals surface area (Å²) < 4.78 is 13.2. The average Bonchev–Trinajstić information content (AvgIpc) is 3.04. The Labute approximate surface area is 150 Å². The van der Waals surface area contributed by atoms with Crippen LogP contribution in [0.3, 0.4) is 0 Å². The summed E-state index contributed by atoms with van der Waals surface area (Å²) in [6.07, 6.45) is 2.09. The van der Waals surface area contributed by atoms with E-state index < -0.39 is 10.8 Å². The third-order valence-corrected chi connectivity index (χ3v) is 6.43. The van der Waals surface area contributed by atoms with Gasteiger partial charge in [-0.15, -0.1) is 11.3 Å². The molecule has 0 aliphatic heterocycles. The molecule has 1 aromatic heterocycles. The second kappa shape index (κ2) is 8.36. The van der Waals surface area contributed by atoms with Crippen LogP contribution in [-0.2, 0) is 23.0 Å². The van der Waals surface area contributed by atoms with Crippen molar-refractivity contribution >= 4 is 22.1 Å². The molecule has 4 heteroatoms. The van der Waals surface area contributed by atoms with Crippen molar-refractivity contribution in [1.82, 2.24) is 4.98 Å². The maximum atomic E-state index is 13.2. The Morgan fingerprint density at radius 2 is 1.58 bits per heavy atom. The summed E-state index contributed by atoms with van der Waals surface area (Å²) in [4.78, 5) is 4.64.